The van der Waals surface area contributed by atoms with Crippen molar-refractivity contribution in [2.75, 3.05) is 13.1 Å². The van der Waals surface area contributed by atoms with Crippen LogP contribution in [-0.2, 0) is 4.79 Å². The van der Waals surface area contributed by atoms with E-state index in [4.69, 9.17) is 16.1 Å². The molecule has 2 aromatic rings. The third-order valence-corrected chi connectivity index (χ3v) is 5.40. The Kier molecular flexibility index (Phi) is 6.43. The van der Waals surface area contributed by atoms with Crippen molar-refractivity contribution in [1.29, 1.82) is 0 Å². The molecule has 1 aromatic heterocycles. The molecule has 2 atom stereocenters. The molecule has 0 radical (unpaired) electrons. The minimum absolute atomic E-state index is 0.101. The van der Waals surface area contributed by atoms with Crippen molar-refractivity contribution in [3.8, 4) is 11.4 Å². The van der Waals surface area contributed by atoms with Gasteiger partial charge in [-0.15, -0.1) is 0 Å². The van der Waals surface area contributed by atoms with Crippen LogP contribution in [0.5, 0.6) is 0 Å². The summed E-state index contributed by atoms with van der Waals surface area (Å²) in [4.78, 5) is 19.3. The number of rotatable bonds is 5. The fraction of sp³-hybridized carbons (Fsp3) is 0.591. The lowest BCUT2D eigenvalue weighted by Crippen LogP contribution is -2.40. The number of hydrogen-bond acceptors (Lipinski definition) is 4. The molecular formula is C22H30ClN3O2. The summed E-state index contributed by atoms with van der Waals surface area (Å²) in [6.45, 7) is 10.3. The van der Waals surface area contributed by atoms with Crippen molar-refractivity contribution >= 4 is 17.5 Å². The van der Waals surface area contributed by atoms with E-state index >= 15 is 0 Å². The molecule has 3 rings (SSSR count). The van der Waals surface area contributed by atoms with E-state index in [2.05, 4.69) is 37.8 Å². The van der Waals surface area contributed by atoms with Crippen molar-refractivity contribution in [2.45, 2.75) is 59.3 Å². The van der Waals surface area contributed by atoms with E-state index in [9.17, 15) is 4.79 Å². The SMILES string of the molecule is C[C@H](CC(=O)N1CCC[C@H](c2nc(-c3ccc(Cl)cc3)no2)C1)CC(C)(C)C. The van der Waals surface area contributed by atoms with Crippen LogP contribution in [0.4, 0.5) is 0 Å². The van der Waals surface area contributed by atoms with E-state index in [1.807, 2.05) is 29.2 Å². The van der Waals surface area contributed by atoms with E-state index < -0.39 is 0 Å². The number of amides is 1. The first-order valence-electron chi connectivity index (χ1n) is 10.1. The third-order valence-electron chi connectivity index (χ3n) is 5.15. The van der Waals surface area contributed by atoms with Gasteiger partial charge in [0.15, 0.2) is 0 Å². The van der Waals surface area contributed by atoms with Crippen LogP contribution in [0, 0.1) is 11.3 Å². The van der Waals surface area contributed by atoms with Crippen LogP contribution in [0.2, 0.25) is 5.02 Å². The Labute approximate surface area is 172 Å². The lowest BCUT2D eigenvalue weighted by molar-refractivity contribution is -0.133. The molecule has 1 fully saturated rings. The lowest BCUT2D eigenvalue weighted by Gasteiger charge is -2.32. The number of nitrogens with zero attached hydrogens (tertiary/aromatic N) is 3. The van der Waals surface area contributed by atoms with Gasteiger partial charge in [-0.3, -0.25) is 4.79 Å². The van der Waals surface area contributed by atoms with Gasteiger partial charge in [0.05, 0.1) is 5.92 Å². The fourth-order valence-electron chi connectivity index (χ4n) is 4.07. The van der Waals surface area contributed by atoms with Crippen LogP contribution < -0.4 is 0 Å². The van der Waals surface area contributed by atoms with Gasteiger partial charge in [0, 0.05) is 30.1 Å². The fourth-order valence-corrected chi connectivity index (χ4v) is 4.19. The van der Waals surface area contributed by atoms with E-state index in [1.54, 1.807) is 0 Å². The standard InChI is InChI=1S/C22H30ClN3O2/c1-15(13-22(2,3)4)12-19(27)26-11-5-6-17(14-26)21-24-20(25-28-21)16-7-9-18(23)10-8-16/h7-10,15,17H,5-6,11-14H2,1-4H3/t15-,17+/m1/s1. The molecule has 0 saturated carbocycles. The molecule has 152 valence electrons. The summed E-state index contributed by atoms with van der Waals surface area (Å²) in [5.74, 6) is 1.90. The van der Waals surface area contributed by atoms with E-state index in [0.29, 0.717) is 35.6 Å². The zero-order valence-electron chi connectivity index (χ0n) is 17.2. The van der Waals surface area contributed by atoms with Crippen molar-refractivity contribution in [3.05, 3.63) is 35.2 Å². The maximum atomic E-state index is 12.8. The van der Waals surface area contributed by atoms with Gasteiger partial charge >= 0.3 is 0 Å². The van der Waals surface area contributed by atoms with Crippen LogP contribution in [0.15, 0.2) is 28.8 Å². The first kappa shape index (κ1) is 20.8. The topological polar surface area (TPSA) is 59.2 Å². The number of carbonyl (C=O) groups excluding carboxylic acids is 1. The normalized spacial score (nSPS) is 18.9. The third kappa shape index (κ3) is 5.57. The highest BCUT2D eigenvalue weighted by atomic mass is 35.5. The first-order valence-corrected chi connectivity index (χ1v) is 10.5. The molecule has 0 spiro atoms. The summed E-state index contributed by atoms with van der Waals surface area (Å²) in [5, 5.41) is 4.79. The summed E-state index contributed by atoms with van der Waals surface area (Å²) in [5.41, 5.74) is 1.12. The average molecular weight is 404 g/mol. The molecular weight excluding hydrogens is 374 g/mol. The molecule has 1 aliphatic rings. The van der Waals surface area contributed by atoms with Gasteiger partial charge in [-0.1, -0.05) is 44.5 Å². The molecule has 0 unspecified atom stereocenters. The van der Waals surface area contributed by atoms with Crippen LogP contribution in [0.25, 0.3) is 11.4 Å². The van der Waals surface area contributed by atoms with Crippen LogP contribution in [-0.4, -0.2) is 34.0 Å². The van der Waals surface area contributed by atoms with Crippen LogP contribution >= 0.6 is 11.6 Å². The van der Waals surface area contributed by atoms with Gasteiger partial charge in [-0.25, -0.2) is 0 Å². The number of carbonyl (C=O) groups is 1. The number of piperidine rings is 1. The number of hydrogen-bond donors (Lipinski definition) is 0. The molecule has 0 aliphatic carbocycles. The molecule has 1 amide bonds. The second-order valence-electron chi connectivity index (χ2n) is 9.22. The maximum Gasteiger partial charge on any atom is 0.231 e. The zero-order valence-corrected chi connectivity index (χ0v) is 18.0. The summed E-state index contributed by atoms with van der Waals surface area (Å²) in [6, 6.07) is 7.38. The van der Waals surface area contributed by atoms with Gasteiger partial charge < -0.3 is 9.42 Å². The van der Waals surface area contributed by atoms with Gasteiger partial charge in [-0.2, -0.15) is 4.98 Å². The smallest absolute Gasteiger partial charge is 0.231 e. The Morgan fingerprint density at radius 3 is 2.71 bits per heavy atom. The van der Waals surface area contributed by atoms with Crippen molar-refractivity contribution in [2.24, 2.45) is 11.3 Å². The van der Waals surface area contributed by atoms with Crippen LogP contribution in [0.3, 0.4) is 0 Å². The molecule has 6 heteroatoms. The highest BCUT2D eigenvalue weighted by Crippen LogP contribution is 2.30. The lowest BCUT2D eigenvalue weighted by atomic mass is 9.84. The van der Waals surface area contributed by atoms with Gasteiger partial charge in [0.25, 0.3) is 0 Å². The highest BCUT2D eigenvalue weighted by molar-refractivity contribution is 6.30. The minimum atomic E-state index is 0.101. The monoisotopic (exact) mass is 403 g/mol. The Morgan fingerprint density at radius 1 is 1.32 bits per heavy atom. The molecule has 0 N–H and O–H groups in total. The van der Waals surface area contributed by atoms with E-state index in [0.717, 1.165) is 31.4 Å². The predicted octanol–water partition coefficient (Wildman–Crippen LogP) is 5.56. The highest BCUT2D eigenvalue weighted by Gasteiger charge is 2.29. The zero-order chi connectivity index (χ0) is 20.3. The van der Waals surface area contributed by atoms with E-state index in [-0.39, 0.29) is 17.2 Å². The quantitative estimate of drug-likeness (QED) is 0.655. The number of halogens is 1. The molecule has 2 heterocycles. The van der Waals surface area contributed by atoms with Crippen molar-refractivity contribution in [1.82, 2.24) is 15.0 Å². The summed E-state index contributed by atoms with van der Waals surface area (Å²) < 4.78 is 5.53. The number of likely N-dealkylation sites (tertiary alicyclic amines) is 1. The summed E-state index contributed by atoms with van der Waals surface area (Å²) >= 11 is 5.94. The molecule has 1 aliphatic heterocycles. The summed E-state index contributed by atoms with van der Waals surface area (Å²) in [6.07, 6.45) is 3.57. The Hall–Kier alpha value is -1.88. The van der Waals surface area contributed by atoms with Crippen molar-refractivity contribution < 1.29 is 9.32 Å². The molecule has 1 aromatic carbocycles. The molecule has 0 bridgehead atoms. The second kappa shape index (κ2) is 8.64. The first-order chi connectivity index (χ1) is 13.2. The van der Waals surface area contributed by atoms with Gasteiger partial charge in [0.2, 0.25) is 17.6 Å². The van der Waals surface area contributed by atoms with Crippen LogP contribution in [0.1, 0.15) is 65.2 Å². The number of aromatic nitrogens is 2. The van der Waals surface area contributed by atoms with Crippen molar-refractivity contribution in [3.63, 3.8) is 0 Å². The van der Waals surface area contributed by atoms with Gasteiger partial charge in [0.1, 0.15) is 0 Å². The summed E-state index contributed by atoms with van der Waals surface area (Å²) in [7, 11) is 0. The predicted molar refractivity (Wildman–Crippen MR) is 111 cm³/mol. The molecule has 28 heavy (non-hydrogen) atoms. The minimum Gasteiger partial charge on any atom is -0.342 e. The molecule has 5 nitrogen and oxygen atoms in total. The number of benzene rings is 1. The maximum absolute atomic E-state index is 12.8. The van der Waals surface area contributed by atoms with Gasteiger partial charge in [-0.05, 0) is 54.9 Å². The molecule has 1 saturated heterocycles. The second-order valence-corrected chi connectivity index (χ2v) is 9.65. The average Bonchev–Trinajstić information content (AvgIpc) is 3.11. The Bertz CT molecular complexity index is 795. The van der Waals surface area contributed by atoms with E-state index in [1.165, 1.54) is 0 Å². The Balaban J connectivity index is 1.62. The Morgan fingerprint density at radius 2 is 2.04 bits per heavy atom. The largest absolute Gasteiger partial charge is 0.342 e.